The van der Waals surface area contributed by atoms with Crippen molar-refractivity contribution < 1.29 is 5.11 Å². The minimum absolute atomic E-state index is 0.194. The summed E-state index contributed by atoms with van der Waals surface area (Å²) in [5, 5.41) is 18.3. The van der Waals surface area contributed by atoms with Gasteiger partial charge in [-0.25, -0.2) is 9.97 Å². The number of aromatic hydroxyl groups is 1. The van der Waals surface area contributed by atoms with E-state index in [2.05, 4.69) is 15.6 Å². The molecule has 3 N–H and O–H groups in total. The first-order chi connectivity index (χ1) is 12.3. The van der Waals surface area contributed by atoms with E-state index in [-0.39, 0.29) is 5.75 Å². The number of rotatable bonds is 3. The van der Waals surface area contributed by atoms with Gasteiger partial charge in [0, 0.05) is 18.0 Å². The van der Waals surface area contributed by atoms with Gasteiger partial charge in [-0.1, -0.05) is 30.7 Å². The third-order valence-electron chi connectivity index (χ3n) is 4.64. The number of benzene rings is 2. The summed E-state index contributed by atoms with van der Waals surface area (Å²) in [6.07, 6.45) is 3.54. The zero-order valence-electron chi connectivity index (χ0n) is 14.1. The smallest absolute Gasteiger partial charge is 0.165 e. The van der Waals surface area contributed by atoms with Crippen molar-refractivity contribution in [2.75, 3.05) is 18.4 Å². The van der Waals surface area contributed by atoms with Gasteiger partial charge in [0.25, 0.3) is 0 Å². The molecular weight excluding hydrogens is 312 g/mol. The highest BCUT2D eigenvalue weighted by molar-refractivity contribution is 5.91. The van der Waals surface area contributed by atoms with Gasteiger partial charge >= 0.3 is 0 Å². The van der Waals surface area contributed by atoms with Crippen molar-refractivity contribution >= 4 is 16.7 Å². The van der Waals surface area contributed by atoms with Crippen molar-refractivity contribution in [3.63, 3.8) is 0 Å². The highest BCUT2D eigenvalue weighted by atomic mass is 16.3. The van der Waals surface area contributed by atoms with Gasteiger partial charge in [-0.3, -0.25) is 0 Å². The van der Waals surface area contributed by atoms with Crippen molar-refractivity contribution in [1.29, 1.82) is 0 Å². The third kappa shape index (κ3) is 3.42. The molecule has 0 spiro atoms. The van der Waals surface area contributed by atoms with Crippen LogP contribution >= 0.6 is 0 Å². The molecule has 2 heterocycles. The summed E-state index contributed by atoms with van der Waals surface area (Å²) in [6, 6.07) is 15.5. The van der Waals surface area contributed by atoms with Gasteiger partial charge in [0.1, 0.15) is 11.6 Å². The minimum Gasteiger partial charge on any atom is -0.507 e. The Kier molecular flexibility index (Phi) is 4.48. The molecule has 4 rings (SSSR count). The van der Waals surface area contributed by atoms with Gasteiger partial charge in [-0.2, -0.15) is 0 Å². The average molecular weight is 334 g/mol. The molecule has 0 amide bonds. The van der Waals surface area contributed by atoms with E-state index in [1.54, 1.807) is 12.1 Å². The van der Waals surface area contributed by atoms with Crippen LogP contribution in [0.15, 0.2) is 48.5 Å². The van der Waals surface area contributed by atoms with Crippen molar-refractivity contribution in [3.8, 4) is 17.1 Å². The Balaban J connectivity index is 1.77. The van der Waals surface area contributed by atoms with Crippen LogP contribution in [0.5, 0.6) is 5.75 Å². The topological polar surface area (TPSA) is 70.1 Å². The second-order valence-corrected chi connectivity index (χ2v) is 6.47. The summed E-state index contributed by atoms with van der Waals surface area (Å²) >= 11 is 0. The number of hydrogen-bond acceptors (Lipinski definition) is 5. The van der Waals surface area contributed by atoms with Crippen LogP contribution in [0.3, 0.4) is 0 Å². The van der Waals surface area contributed by atoms with Crippen LogP contribution in [0.4, 0.5) is 5.82 Å². The van der Waals surface area contributed by atoms with Gasteiger partial charge in [-0.05, 0) is 43.7 Å². The number of phenols is 1. The molecule has 5 nitrogen and oxygen atoms in total. The first-order valence-corrected chi connectivity index (χ1v) is 8.84. The molecule has 25 heavy (non-hydrogen) atoms. The number of nitrogens with one attached hydrogen (secondary N) is 2. The average Bonchev–Trinajstić information content (AvgIpc) is 2.91. The van der Waals surface area contributed by atoms with Crippen LogP contribution in [0, 0.1) is 0 Å². The predicted molar refractivity (Wildman–Crippen MR) is 101 cm³/mol. The third-order valence-corrected chi connectivity index (χ3v) is 4.64. The highest BCUT2D eigenvalue weighted by Gasteiger charge is 2.16. The quantitative estimate of drug-likeness (QED) is 0.683. The molecule has 1 atom stereocenters. The van der Waals surface area contributed by atoms with Crippen LogP contribution in [0.1, 0.15) is 19.3 Å². The van der Waals surface area contributed by atoms with E-state index >= 15 is 0 Å². The fourth-order valence-electron chi connectivity index (χ4n) is 3.31. The lowest BCUT2D eigenvalue weighted by atomic mass is 10.1. The molecule has 0 unspecified atom stereocenters. The second kappa shape index (κ2) is 7.07. The van der Waals surface area contributed by atoms with Crippen LogP contribution in [0.2, 0.25) is 0 Å². The Hall–Kier alpha value is -2.66. The Bertz CT molecular complexity index is 872. The molecule has 1 aromatic heterocycles. The van der Waals surface area contributed by atoms with Gasteiger partial charge in [0.2, 0.25) is 0 Å². The molecule has 0 aliphatic carbocycles. The molecule has 1 fully saturated rings. The van der Waals surface area contributed by atoms with Crippen molar-refractivity contribution in [2.24, 2.45) is 0 Å². The van der Waals surface area contributed by atoms with Crippen molar-refractivity contribution in [3.05, 3.63) is 48.5 Å². The van der Waals surface area contributed by atoms with Crippen LogP contribution in [-0.4, -0.2) is 34.2 Å². The van der Waals surface area contributed by atoms with Gasteiger partial charge < -0.3 is 15.7 Å². The van der Waals surface area contributed by atoms with Crippen LogP contribution < -0.4 is 10.6 Å². The van der Waals surface area contributed by atoms with Gasteiger partial charge in [-0.15, -0.1) is 0 Å². The van der Waals surface area contributed by atoms with E-state index in [9.17, 15) is 5.11 Å². The first-order valence-electron chi connectivity index (χ1n) is 8.84. The summed E-state index contributed by atoms with van der Waals surface area (Å²) < 4.78 is 0. The molecule has 2 aromatic carbocycles. The fourth-order valence-corrected chi connectivity index (χ4v) is 3.31. The Morgan fingerprint density at radius 2 is 1.84 bits per heavy atom. The van der Waals surface area contributed by atoms with Gasteiger partial charge in [0.05, 0.1) is 11.1 Å². The lowest BCUT2D eigenvalue weighted by Gasteiger charge is -2.19. The van der Waals surface area contributed by atoms with Crippen LogP contribution in [0.25, 0.3) is 22.3 Å². The van der Waals surface area contributed by atoms with E-state index < -0.39 is 0 Å². The fraction of sp³-hybridized carbons (Fsp3) is 0.300. The lowest BCUT2D eigenvalue weighted by Crippen LogP contribution is -2.31. The Morgan fingerprint density at radius 3 is 2.76 bits per heavy atom. The molecule has 1 aliphatic heterocycles. The zero-order chi connectivity index (χ0) is 17.1. The molecular formula is C20H22N4O. The zero-order valence-corrected chi connectivity index (χ0v) is 14.1. The number of fused-ring (bicyclic) bond motifs is 1. The largest absolute Gasteiger partial charge is 0.507 e. The number of hydrogen-bond donors (Lipinski definition) is 3. The summed E-state index contributed by atoms with van der Waals surface area (Å²) in [5.41, 5.74) is 1.52. The maximum Gasteiger partial charge on any atom is 0.165 e. The number of phenolic OH excluding ortho intramolecular Hbond substituents is 1. The summed E-state index contributed by atoms with van der Waals surface area (Å²) in [4.78, 5) is 9.40. The second-order valence-electron chi connectivity index (χ2n) is 6.47. The van der Waals surface area contributed by atoms with Crippen LogP contribution in [-0.2, 0) is 0 Å². The maximum atomic E-state index is 10.2. The normalized spacial score (nSPS) is 18.0. The summed E-state index contributed by atoms with van der Waals surface area (Å²) in [5.74, 6) is 1.57. The molecule has 3 aromatic rings. The maximum absolute atomic E-state index is 10.2. The summed E-state index contributed by atoms with van der Waals surface area (Å²) in [7, 11) is 0. The summed E-state index contributed by atoms with van der Waals surface area (Å²) in [6.45, 7) is 2.01. The SMILES string of the molecule is Oc1ccccc1-c1nc(N[C@H]2CCCCNC2)c2ccccc2n1. The molecule has 1 saturated heterocycles. The lowest BCUT2D eigenvalue weighted by molar-refractivity contribution is 0.477. The minimum atomic E-state index is 0.194. The molecule has 1 aliphatic rings. The van der Waals surface area contributed by atoms with Gasteiger partial charge in [0.15, 0.2) is 5.82 Å². The van der Waals surface area contributed by atoms with E-state index in [0.29, 0.717) is 17.4 Å². The predicted octanol–water partition coefficient (Wildman–Crippen LogP) is 3.56. The first kappa shape index (κ1) is 15.8. The molecule has 0 radical (unpaired) electrons. The van der Waals surface area contributed by atoms with E-state index in [4.69, 9.17) is 4.98 Å². The van der Waals surface area contributed by atoms with Crippen molar-refractivity contribution in [1.82, 2.24) is 15.3 Å². The standard InChI is InChI=1S/C20H22N4O/c25-18-11-4-2-9-16(18)20-23-17-10-3-1-8-15(17)19(24-20)22-14-7-5-6-12-21-13-14/h1-4,8-11,14,21,25H,5-7,12-13H2,(H,22,23,24)/t14-/m0/s1. The number of nitrogens with zero attached hydrogens (tertiary/aromatic N) is 2. The Labute approximate surface area is 147 Å². The molecule has 0 bridgehead atoms. The molecule has 0 saturated carbocycles. The highest BCUT2D eigenvalue weighted by Crippen LogP contribution is 2.30. The molecule has 128 valence electrons. The van der Waals surface area contributed by atoms with Crippen molar-refractivity contribution in [2.45, 2.75) is 25.3 Å². The number of aromatic nitrogens is 2. The number of para-hydroxylation sites is 2. The van der Waals surface area contributed by atoms with E-state index in [1.807, 2.05) is 36.4 Å². The monoisotopic (exact) mass is 334 g/mol. The Morgan fingerprint density at radius 1 is 1.00 bits per heavy atom. The number of anilines is 1. The van der Waals surface area contributed by atoms with E-state index in [0.717, 1.165) is 36.2 Å². The van der Waals surface area contributed by atoms with E-state index in [1.165, 1.54) is 12.8 Å². The molecule has 5 heteroatoms.